The van der Waals surface area contributed by atoms with Crippen LogP contribution < -0.4 is 9.47 Å². The molecule has 0 aromatic heterocycles. The molecule has 0 saturated heterocycles. The second kappa shape index (κ2) is 16.7. The lowest BCUT2D eigenvalue weighted by atomic mass is 10.0. The molecule has 0 radical (unpaired) electrons. The number of rotatable bonds is 20. The number of fused-ring (bicyclic) bond motifs is 3. The highest BCUT2D eigenvalue weighted by molar-refractivity contribution is 7.85. The van der Waals surface area contributed by atoms with Crippen LogP contribution in [0.5, 0.6) is 23.0 Å². The predicted octanol–water partition coefficient (Wildman–Crippen LogP) is 9.28. The molecule has 0 spiro atoms. The highest BCUT2D eigenvalue weighted by atomic mass is 32.2. The quantitative estimate of drug-likeness (QED) is 0.139. The summed E-state index contributed by atoms with van der Waals surface area (Å²) in [7, 11) is -1.42. The molecule has 2 N–H and O–H groups in total. The maximum Gasteiger partial charge on any atom is 0.162 e. The van der Waals surface area contributed by atoms with E-state index in [0.29, 0.717) is 45.6 Å². The van der Waals surface area contributed by atoms with Crippen molar-refractivity contribution in [1.29, 1.82) is 0 Å². The van der Waals surface area contributed by atoms with E-state index in [9.17, 15) is 14.4 Å². The van der Waals surface area contributed by atoms with Crippen molar-refractivity contribution in [3.05, 3.63) is 24.3 Å². The number of hydrogen-bond donors (Lipinski definition) is 2. The number of unbranched alkanes of at least 4 members (excludes halogenated alkanes) is 14. The number of ether oxygens (including phenoxy) is 2. The Balaban J connectivity index is 1.48. The first-order chi connectivity index (χ1) is 18.6. The van der Waals surface area contributed by atoms with Crippen LogP contribution in [0.4, 0.5) is 0 Å². The Labute approximate surface area is 232 Å². The zero-order valence-electron chi connectivity index (χ0n) is 23.6. The summed E-state index contributed by atoms with van der Waals surface area (Å²) in [4.78, 5) is 1.20. The van der Waals surface area contributed by atoms with Gasteiger partial charge in [-0.1, -0.05) is 104 Å². The molecule has 0 saturated carbocycles. The fourth-order valence-electron chi connectivity index (χ4n) is 5.01. The first-order valence-electron chi connectivity index (χ1n) is 15.0. The summed E-state index contributed by atoms with van der Waals surface area (Å²) >= 11 is 0. The number of aromatic hydroxyl groups is 2. The van der Waals surface area contributed by atoms with Gasteiger partial charge in [0.15, 0.2) is 23.0 Å². The molecule has 1 aliphatic rings. The Morgan fingerprint density at radius 3 is 1.26 bits per heavy atom. The first-order valence-corrected chi connectivity index (χ1v) is 16.1. The average molecular weight is 545 g/mol. The van der Waals surface area contributed by atoms with Crippen molar-refractivity contribution in [3.8, 4) is 34.1 Å². The van der Waals surface area contributed by atoms with Crippen molar-refractivity contribution in [2.24, 2.45) is 0 Å². The molecule has 0 atom stereocenters. The summed E-state index contributed by atoms with van der Waals surface area (Å²) in [6, 6.07) is 6.57. The lowest BCUT2D eigenvalue weighted by Crippen LogP contribution is -1.99. The van der Waals surface area contributed by atoms with Crippen molar-refractivity contribution >= 4 is 10.8 Å². The number of phenolic OH excluding ortho intramolecular Hbond substituents is 2. The van der Waals surface area contributed by atoms with E-state index in [2.05, 4.69) is 13.8 Å². The summed E-state index contributed by atoms with van der Waals surface area (Å²) in [6.07, 6.45) is 19.4. The van der Waals surface area contributed by atoms with E-state index in [4.69, 9.17) is 9.47 Å². The van der Waals surface area contributed by atoms with E-state index in [1.165, 1.54) is 77.0 Å². The largest absolute Gasteiger partial charge is 0.504 e. The van der Waals surface area contributed by atoms with Crippen LogP contribution in [-0.2, 0) is 10.8 Å². The third kappa shape index (κ3) is 8.93. The van der Waals surface area contributed by atoms with E-state index in [1.807, 2.05) is 0 Å². The van der Waals surface area contributed by atoms with Gasteiger partial charge < -0.3 is 19.7 Å². The van der Waals surface area contributed by atoms with E-state index < -0.39 is 10.8 Å². The third-order valence-corrected chi connectivity index (χ3v) is 8.80. The van der Waals surface area contributed by atoms with Crippen LogP contribution in [0.1, 0.15) is 117 Å². The van der Waals surface area contributed by atoms with Crippen molar-refractivity contribution in [3.63, 3.8) is 0 Å². The maximum atomic E-state index is 13.3. The van der Waals surface area contributed by atoms with Gasteiger partial charge >= 0.3 is 0 Å². The molecule has 0 aliphatic carbocycles. The lowest BCUT2D eigenvalue weighted by molar-refractivity contribution is 0.288. The second-order valence-corrected chi connectivity index (χ2v) is 12.0. The van der Waals surface area contributed by atoms with Crippen LogP contribution >= 0.6 is 0 Å². The van der Waals surface area contributed by atoms with Crippen LogP contribution in [0.15, 0.2) is 34.1 Å². The average Bonchev–Trinajstić information content (AvgIpc) is 3.16. The van der Waals surface area contributed by atoms with E-state index >= 15 is 0 Å². The SMILES string of the molecule is CCCCCCCCCCOc1cc2c(cc1O)-c1cc(O)c(OCCCCCCCCCC)cc1S2=O. The van der Waals surface area contributed by atoms with Gasteiger partial charge in [-0.25, -0.2) is 4.21 Å². The van der Waals surface area contributed by atoms with Gasteiger partial charge in [0.2, 0.25) is 0 Å². The van der Waals surface area contributed by atoms with Gasteiger partial charge in [-0.3, -0.25) is 0 Å². The topological polar surface area (TPSA) is 76.0 Å². The summed E-state index contributed by atoms with van der Waals surface area (Å²) in [5.74, 6) is 0.789. The standard InChI is InChI=1S/C32H48O5S/c1-3-5-7-9-11-13-15-17-19-36-29-23-31-25(21-27(29)33)26-22-28(34)30(24-32(26)38(31)35)37-20-18-16-14-12-10-8-6-4-2/h21-24,33-34H,3-20H2,1-2H3. The molecule has 5 nitrogen and oxygen atoms in total. The summed E-state index contributed by atoms with van der Waals surface area (Å²) in [6.45, 7) is 5.51. The highest BCUT2D eigenvalue weighted by Gasteiger charge is 2.29. The molecule has 3 rings (SSSR count). The molecule has 0 fully saturated rings. The molecule has 2 aromatic carbocycles. The Morgan fingerprint density at radius 1 is 0.553 bits per heavy atom. The molecule has 0 bridgehead atoms. The molecule has 1 aliphatic heterocycles. The highest BCUT2D eigenvalue weighted by Crippen LogP contribution is 2.48. The van der Waals surface area contributed by atoms with Gasteiger partial charge in [-0.05, 0) is 25.0 Å². The van der Waals surface area contributed by atoms with Crippen molar-refractivity contribution in [1.82, 2.24) is 0 Å². The van der Waals surface area contributed by atoms with Crippen molar-refractivity contribution in [2.75, 3.05) is 13.2 Å². The number of benzene rings is 2. The number of phenols is 2. The smallest absolute Gasteiger partial charge is 0.162 e. The summed E-state index contributed by atoms with van der Waals surface area (Å²) < 4.78 is 25.0. The minimum Gasteiger partial charge on any atom is -0.504 e. The van der Waals surface area contributed by atoms with Crippen LogP contribution in [-0.4, -0.2) is 27.6 Å². The molecule has 6 heteroatoms. The normalized spacial score (nSPS) is 12.5. The van der Waals surface area contributed by atoms with Gasteiger partial charge in [-0.2, -0.15) is 0 Å². The minimum atomic E-state index is -1.42. The zero-order valence-corrected chi connectivity index (χ0v) is 24.4. The Bertz CT molecular complexity index is 940. The summed E-state index contributed by atoms with van der Waals surface area (Å²) in [5, 5.41) is 21.1. The van der Waals surface area contributed by atoms with Crippen molar-refractivity contribution < 1.29 is 23.9 Å². The molecule has 38 heavy (non-hydrogen) atoms. The van der Waals surface area contributed by atoms with E-state index in [0.717, 1.165) is 25.7 Å². The van der Waals surface area contributed by atoms with Crippen molar-refractivity contribution in [2.45, 2.75) is 126 Å². The fourth-order valence-corrected chi connectivity index (χ4v) is 6.42. The third-order valence-electron chi connectivity index (χ3n) is 7.32. The lowest BCUT2D eigenvalue weighted by Gasteiger charge is -2.11. The second-order valence-electron chi connectivity index (χ2n) is 10.5. The molecule has 2 aromatic rings. The molecule has 0 amide bonds. The predicted molar refractivity (Wildman–Crippen MR) is 156 cm³/mol. The molecule has 212 valence electrons. The van der Waals surface area contributed by atoms with E-state index in [-0.39, 0.29) is 11.5 Å². The van der Waals surface area contributed by atoms with Crippen LogP contribution in [0.25, 0.3) is 11.1 Å². The molecular weight excluding hydrogens is 496 g/mol. The molecular formula is C32H48O5S. The maximum absolute atomic E-state index is 13.3. The first kappa shape index (κ1) is 30.3. The van der Waals surface area contributed by atoms with Gasteiger partial charge in [0.05, 0.1) is 33.8 Å². The monoisotopic (exact) mass is 544 g/mol. The van der Waals surface area contributed by atoms with E-state index in [1.54, 1.807) is 24.3 Å². The summed E-state index contributed by atoms with van der Waals surface area (Å²) in [5.41, 5.74) is 1.33. The zero-order chi connectivity index (χ0) is 27.2. The Kier molecular flexibility index (Phi) is 13.3. The van der Waals surface area contributed by atoms with Crippen LogP contribution in [0.2, 0.25) is 0 Å². The van der Waals surface area contributed by atoms with Gasteiger partial charge in [-0.15, -0.1) is 0 Å². The van der Waals surface area contributed by atoms with Crippen LogP contribution in [0.3, 0.4) is 0 Å². The van der Waals surface area contributed by atoms with Crippen LogP contribution in [0, 0.1) is 0 Å². The van der Waals surface area contributed by atoms with Gasteiger partial charge in [0.1, 0.15) is 0 Å². The number of hydrogen-bond acceptors (Lipinski definition) is 5. The Hall–Kier alpha value is -2.21. The minimum absolute atomic E-state index is 0.0303. The van der Waals surface area contributed by atoms with Gasteiger partial charge in [0, 0.05) is 23.3 Å². The molecule has 0 unspecified atom stereocenters. The van der Waals surface area contributed by atoms with Gasteiger partial charge in [0.25, 0.3) is 0 Å². The molecule has 1 heterocycles. The fraction of sp³-hybridized carbons (Fsp3) is 0.625. The Morgan fingerprint density at radius 2 is 0.895 bits per heavy atom.